The number of hydrogen-bond donors (Lipinski definition) is 1. The Morgan fingerprint density at radius 2 is 1.94 bits per heavy atom. The monoisotopic (exact) mass is 486 g/mol. The number of anilines is 2. The average molecular weight is 487 g/mol. The van der Waals surface area contributed by atoms with Crippen LogP contribution in [0.3, 0.4) is 0 Å². The van der Waals surface area contributed by atoms with Crippen molar-refractivity contribution in [2.24, 2.45) is 0 Å². The summed E-state index contributed by atoms with van der Waals surface area (Å²) >= 11 is 7.57. The van der Waals surface area contributed by atoms with E-state index in [2.05, 4.69) is 20.3 Å². The maximum atomic E-state index is 13.0. The highest BCUT2D eigenvalue weighted by molar-refractivity contribution is 7.18. The number of rotatable bonds is 6. The molecule has 0 saturated heterocycles. The fraction of sp³-hybridized carbons (Fsp3) is 0.182. The number of thiazole rings is 1. The molecular formula is C22H17ClF2N6OS. The molecule has 0 saturated carbocycles. The third kappa shape index (κ3) is 4.31. The molecule has 3 aromatic heterocycles. The number of aryl methyl sites for hydroxylation is 1. The molecule has 11 heteroatoms. The summed E-state index contributed by atoms with van der Waals surface area (Å²) in [6.07, 6.45) is -1.38. The van der Waals surface area contributed by atoms with Crippen LogP contribution < -0.4 is 10.9 Å². The van der Waals surface area contributed by atoms with Gasteiger partial charge in [0, 0.05) is 10.7 Å². The first-order valence-electron chi connectivity index (χ1n) is 10.00. The zero-order chi connectivity index (χ0) is 23.1. The van der Waals surface area contributed by atoms with E-state index in [1.165, 1.54) is 6.33 Å². The fourth-order valence-electron chi connectivity index (χ4n) is 3.65. The standard InChI is InChI=1S/C22H17ClF2N6OS/c1-12-27-16-7-6-15(8-17(16)33-12)28-22-29-21(32)19-20(26-11-30(19)10-18(24)25)31(22)9-13-2-4-14(23)5-3-13/h2-8,11,18H,9-10H2,1H3,(H,28,29,32). The van der Waals surface area contributed by atoms with Gasteiger partial charge in [0.05, 0.1) is 34.6 Å². The van der Waals surface area contributed by atoms with Gasteiger partial charge >= 0.3 is 5.56 Å². The van der Waals surface area contributed by atoms with Crippen LogP contribution in [0.25, 0.3) is 21.4 Å². The van der Waals surface area contributed by atoms with E-state index in [-0.39, 0.29) is 17.1 Å². The summed E-state index contributed by atoms with van der Waals surface area (Å²) in [6, 6.07) is 12.9. The summed E-state index contributed by atoms with van der Waals surface area (Å²) in [4.78, 5) is 25.7. The highest BCUT2D eigenvalue weighted by atomic mass is 35.5. The molecule has 0 spiro atoms. The van der Waals surface area contributed by atoms with Gasteiger partial charge in [0.2, 0.25) is 5.95 Å². The Hall–Kier alpha value is -3.37. The zero-order valence-corrected chi connectivity index (χ0v) is 18.9. The van der Waals surface area contributed by atoms with Crippen LogP contribution in [-0.2, 0) is 13.1 Å². The summed E-state index contributed by atoms with van der Waals surface area (Å²) in [5, 5.41) is 4.74. The third-order valence-electron chi connectivity index (χ3n) is 5.08. The maximum absolute atomic E-state index is 13.0. The van der Waals surface area contributed by atoms with Crippen molar-refractivity contribution >= 4 is 56.0 Å². The number of hydrogen-bond acceptors (Lipinski definition) is 6. The fourth-order valence-corrected chi connectivity index (χ4v) is 4.64. The second-order valence-corrected chi connectivity index (χ2v) is 9.13. The van der Waals surface area contributed by atoms with Crippen molar-refractivity contribution in [1.82, 2.24) is 24.1 Å². The van der Waals surface area contributed by atoms with Gasteiger partial charge in [0.1, 0.15) is 0 Å². The molecule has 5 aromatic rings. The number of nitrogens with zero attached hydrogens (tertiary/aromatic N) is 5. The van der Waals surface area contributed by atoms with Crippen LogP contribution in [0.5, 0.6) is 0 Å². The van der Waals surface area contributed by atoms with E-state index in [0.29, 0.717) is 17.3 Å². The van der Waals surface area contributed by atoms with E-state index in [1.807, 2.05) is 37.3 Å². The molecule has 0 aliphatic heterocycles. The van der Waals surface area contributed by atoms with Crippen LogP contribution >= 0.6 is 22.9 Å². The van der Waals surface area contributed by atoms with Crippen LogP contribution in [0.4, 0.5) is 20.4 Å². The van der Waals surface area contributed by atoms with Crippen molar-refractivity contribution in [2.45, 2.75) is 26.4 Å². The summed E-state index contributed by atoms with van der Waals surface area (Å²) < 4.78 is 29.9. The Bertz CT molecular complexity index is 1530. The van der Waals surface area contributed by atoms with E-state index in [9.17, 15) is 13.6 Å². The lowest BCUT2D eigenvalue weighted by molar-refractivity contribution is 0.128. The average Bonchev–Trinajstić information content (AvgIpc) is 3.34. The second kappa shape index (κ2) is 8.53. The van der Waals surface area contributed by atoms with Crippen LogP contribution in [-0.4, -0.2) is 30.5 Å². The van der Waals surface area contributed by atoms with Crippen molar-refractivity contribution < 1.29 is 8.78 Å². The molecule has 0 radical (unpaired) electrons. The summed E-state index contributed by atoms with van der Waals surface area (Å²) in [5.41, 5.74) is 2.15. The highest BCUT2D eigenvalue weighted by Crippen LogP contribution is 2.27. The molecule has 168 valence electrons. The van der Waals surface area contributed by atoms with E-state index >= 15 is 0 Å². The van der Waals surface area contributed by atoms with Crippen molar-refractivity contribution in [2.75, 3.05) is 5.32 Å². The van der Waals surface area contributed by atoms with E-state index in [4.69, 9.17) is 11.6 Å². The summed E-state index contributed by atoms with van der Waals surface area (Å²) in [7, 11) is 0. The van der Waals surface area contributed by atoms with Gasteiger partial charge in [-0.05, 0) is 42.8 Å². The van der Waals surface area contributed by atoms with Crippen LogP contribution in [0.1, 0.15) is 10.6 Å². The van der Waals surface area contributed by atoms with E-state index < -0.39 is 18.5 Å². The molecule has 2 aromatic carbocycles. The van der Waals surface area contributed by atoms with Crippen molar-refractivity contribution in [3.63, 3.8) is 0 Å². The molecule has 3 heterocycles. The van der Waals surface area contributed by atoms with Gasteiger partial charge in [-0.15, -0.1) is 11.3 Å². The molecule has 0 aliphatic rings. The molecule has 7 nitrogen and oxygen atoms in total. The number of aromatic nitrogens is 5. The Labute approximate surface area is 195 Å². The predicted octanol–water partition coefficient (Wildman–Crippen LogP) is 5.22. The molecule has 1 N–H and O–H groups in total. The van der Waals surface area contributed by atoms with E-state index in [1.54, 1.807) is 28.0 Å². The lowest BCUT2D eigenvalue weighted by atomic mass is 10.2. The maximum Gasteiger partial charge on any atom is 0.300 e. The predicted molar refractivity (Wildman–Crippen MR) is 126 cm³/mol. The topological polar surface area (TPSA) is 77.6 Å². The number of halogens is 3. The van der Waals surface area contributed by atoms with Gasteiger partial charge in [0.15, 0.2) is 11.2 Å². The molecule has 0 aliphatic carbocycles. The lowest BCUT2D eigenvalue weighted by Crippen LogP contribution is -2.21. The number of benzene rings is 2. The Kier molecular flexibility index (Phi) is 5.55. The van der Waals surface area contributed by atoms with Gasteiger partial charge in [-0.3, -0.25) is 9.36 Å². The first-order valence-corrected chi connectivity index (χ1v) is 11.2. The lowest BCUT2D eigenvalue weighted by Gasteiger charge is -2.15. The summed E-state index contributed by atoms with van der Waals surface area (Å²) in [5.74, 6) is 0.255. The molecule has 0 bridgehead atoms. The highest BCUT2D eigenvalue weighted by Gasteiger charge is 2.18. The molecule has 0 amide bonds. The first-order chi connectivity index (χ1) is 15.9. The number of nitrogens with one attached hydrogen (secondary N) is 1. The van der Waals surface area contributed by atoms with Crippen molar-refractivity contribution in [3.05, 3.63) is 74.7 Å². The van der Waals surface area contributed by atoms with Gasteiger partial charge in [-0.25, -0.2) is 18.7 Å². The summed E-state index contributed by atoms with van der Waals surface area (Å²) in [6.45, 7) is 1.60. The van der Waals surface area contributed by atoms with Crippen molar-refractivity contribution in [3.8, 4) is 0 Å². The minimum Gasteiger partial charge on any atom is -0.325 e. The number of alkyl halides is 2. The second-order valence-electron chi connectivity index (χ2n) is 7.45. The molecule has 0 atom stereocenters. The quantitative estimate of drug-likeness (QED) is 0.356. The zero-order valence-electron chi connectivity index (χ0n) is 17.3. The van der Waals surface area contributed by atoms with E-state index in [0.717, 1.165) is 25.4 Å². The Morgan fingerprint density at radius 1 is 1.15 bits per heavy atom. The molecular weight excluding hydrogens is 470 g/mol. The molecule has 33 heavy (non-hydrogen) atoms. The van der Waals surface area contributed by atoms with Crippen molar-refractivity contribution in [1.29, 1.82) is 0 Å². The smallest absolute Gasteiger partial charge is 0.300 e. The van der Waals surface area contributed by atoms with Gasteiger partial charge in [-0.2, -0.15) is 4.98 Å². The molecule has 0 fully saturated rings. The normalized spacial score (nSPS) is 11.7. The van der Waals surface area contributed by atoms with Crippen LogP contribution in [0.2, 0.25) is 5.02 Å². The van der Waals surface area contributed by atoms with Crippen LogP contribution in [0, 0.1) is 6.92 Å². The first kappa shape index (κ1) is 21.5. The minimum absolute atomic E-state index is 0.0309. The van der Waals surface area contributed by atoms with Gasteiger partial charge in [0.25, 0.3) is 6.43 Å². The Morgan fingerprint density at radius 3 is 2.70 bits per heavy atom. The molecule has 5 rings (SSSR count). The van der Waals surface area contributed by atoms with Gasteiger partial charge in [-0.1, -0.05) is 23.7 Å². The third-order valence-corrected chi connectivity index (χ3v) is 6.27. The van der Waals surface area contributed by atoms with Gasteiger partial charge < -0.3 is 9.88 Å². The largest absolute Gasteiger partial charge is 0.325 e. The SMILES string of the molecule is Cc1nc2ccc(Nc3nc(=O)c4c(ncn4CC(F)F)n3Cc3ccc(Cl)cc3)cc2s1. The molecule has 0 unspecified atom stereocenters. The minimum atomic E-state index is -2.63. The number of fused-ring (bicyclic) bond motifs is 2. The Balaban J connectivity index is 1.63. The van der Waals surface area contributed by atoms with Crippen LogP contribution in [0.15, 0.2) is 53.6 Å². The number of imidazole rings is 1.